The Morgan fingerprint density at radius 3 is 2.61 bits per heavy atom. The van der Waals surface area contributed by atoms with Gasteiger partial charge in [0.25, 0.3) is 5.91 Å². The van der Waals surface area contributed by atoms with Crippen molar-refractivity contribution in [2.45, 2.75) is 46.2 Å². The Kier molecular flexibility index (Phi) is 9.16. The van der Waals surface area contributed by atoms with E-state index in [0.717, 1.165) is 34.4 Å². The van der Waals surface area contributed by atoms with Gasteiger partial charge in [-0.3, -0.25) is 4.79 Å². The molecule has 4 N–H and O–H groups in total. The van der Waals surface area contributed by atoms with Crippen molar-refractivity contribution in [3.05, 3.63) is 88.4 Å². The van der Waals surface area contributed by atoms with Crippen LogP contribution in [-0.4, -0.2) is 28.6 Å². The zero-order chi connectivity index (χ0) is 23.0. The molecule has 0 saturated carbocycles. The SMILES string of the molecule is C=C(/C=C(\C(=C/C)CC)c1c[nH]c(C(=O)N[C@H](CO)c2cccc(Cl)c2)c1)NC(C)C. The molecule has 0 bridgehead atoms. The van der Waals surface area contributed by atoms with E-state index in [1.807, 2.05) is 31.3 Å². The Morgan fingerprint density at radius 1 is 1.29 bits per heavy atom. The molecule has 1 heterocycles. The van der Waals surface area contributed by atoms with Crippen LogP contribution >= 0.6 is 11.6 Å². The van der Waals surface area contributed by atoms with Gasteiger partial charge in [-0.1, -0.05) is 43.3 Å². The molecule has 0 radical (unpaired) electrons. The quantitative estimate of drug-likeness (QED) is 0.373. The molecule has 2 aromatic rings. The topological polar surface area (TPSA) is 77.2 Å². The Morgan fingerprint density at radius 2 is 2.03 bits per heavy atom. The van der Waals surface area contributed by atoms with Crippen LogP contribution in [-0.2, 0) is 0 Å². The average Bonchev–Trinajstić information content (AvgIpc) is 3.21. The van der Waals surface area contributed by atoms with Crippen molar-refractivity contribution < 1.29 is 9.90 Å². The maximum absolute atomic E-state index is 12.8. The van der Waals surface area contributed by atoms with Gasteiger partial charge < -0.3 is 20.7 Å². The number of carbonyl (C=O) groups is 1. The maximum atomic E-state index is 12.8. The Labute approximate surface area is 189 Å². The molecule has 6 heteroatoms. The van der Waals surface area contributed by atoms with Crippen molar-refractivity contribution in [3.63, 3.8) is 0 Å². The lowest BCUT2D eigenvalue weighted by Crippen LogP contribution is -2.31. The van der Waals surface area contributed by atoms with Crippen LogP contribution in [0.1, 0.15) is 61.8 Å². The Balaban J connectivity index is 2.28. The molecule has 166 valence electrons. The highest BCUT2D eigenvalue weighted by Gasteiger charge is 2.18. The molecule has 0 saturated heterocycles. The number of aliphatic hydroxyl groups excluding tert-OH is 1. The number of rotatable bonds is 10. The van der Waals surface area contributed by atoms with Crippen LogP contribution in [0.3, 0.4) is 0 Å². The van der Waals surface area contributed by atoms with Crippen LogP contribution in [0.4, 0.5) is 0 Å². The Bertz CT molecular complexity index is 973. The minimum absolute atomic E-state index is 0.232. The fourth-order valence-corrected chi connectivity index (χ4v) is 3.57. The molecular formula is C25H32ClN3O2. The number of carbonyl (C=O) groups excluding carboxylic acids is 1. The van der Waals surface area contributed by atoms with E-state index in [0.29, 0.717) is 10.7 Å². The van der Waals surface area contributed by atoms with Crippen molar-refractivity contribution >= 4 is 23.1 Å². The minimum atomic E-state index is -0.551. The smallest absolute Gasteiger partial charge is 0.268 e. The van der Waals surface area contributed by atoms with E-state index in [4.69, 9.17) is 11.6 Å². The monoisotopic (exact) mass is 441 g/mol. The van der Waals surface area contributed by atoms with Crippen molar-refractivity contribution in [3.8, 4) is 0 Å². The lowest BCUT2D eigenvalue weighted by atomic mass is 9.96. The first kappa shape index (κ1) is 24.5. The summed E-state index contributed by atoms with van der Waals surface area (Å²) in [5, 5.41) is 16.5. The van der Waals surface area contributed by atoms with Gasteiger partial charge in [-0.2, -0.15) is 0 Å². The molecule has 1 aromatic heterocycles. The summed E-state index contributed by atoms with van der Waals surface area (Å²) < 4.78 is 0. The molecule has 5 nitrogen and oxygen atoms in total. The number of aromatic nitrogens is 1. The molecule has 0 spiro atoms. The lowest BCUT2D eigenvalue weighted by Gasteiger charge is -2.16. The summed E-state index contributed by atoms with van der Waals surface area (Å²) >= 11 is 6.04. The molecule has 0 unspecified atom stereocenters. The minimum Gasteiger partial charge on any atom is -0.394 e. The third-order valence-corrected chi connectivity index (χ3v) is 5.08. The molecule has 1 amide bonds. The molecule has 1 aromatic carbocycles. The number of aliphatic hydroxyl groups is 1. The number of H-pyrrole nitrogens is 1. The fourth-order valence-electron chi connectivity index (χ4n) is 3.37. The van der Waals surface area contributed by atoms with Crippen LogP contribution in [0.2, 0.25) is 5.02 Å². The van der Waals surface area contributed by atoms with E-state index >= 15 is 0 Å². The number of benzene rings is 1. The van der Waals surface area contributed by atoms with Crippen molar-refractivity contribution in [2.24, 2.45) is 0 Å². The van der Waals surface area contributed by atoms with Gasteiger partial charge in [-0.05, 0) is 68.2 Å². The second-order valence-electron chi connectivity index (χ2n) is 7.62. The summed E-state index contributed by atoms with van der Waals surface area (Å²) in [5.41, 5.74) is 5.03. The van der Waals surface area contributed by atoms with Gasteiger partial charge in [0.1, 0.15) is 5.69 Å². The summed E-state index contributed by atoms with van der Waals surface area (Å²) in [5.74, 6) is -0.303. The van der Waals surface area contributed by atoms with Gasteiger partial charge in [-0.25, -0.2) is 0 Å². The number of allylic oxidation sites excluding steroid dienone is 4. The predicted molar refractivity (Wildman–Crippen MR) is 129 cm³/mol. The summed E-state index contributed by atoms with van der Waals surface area (Å²) in [4.78, 5) is 15.9. The van der Waals surface area contributed by atoms with Gasteiger partial charge in [-0.15, -0.1) is 0 Å². The van der Waals surface area contributed by atoms with Crippen LogP contribution in [0.25, 0.3) is 5.57 Å². The highest BCUT2D eigenvalue weighted by molar-refractivity contribution is 6.30. The van der Waals surface area contributed by atoms with Gasteiger partial charge in [0.15, 0.2) is 0 Å². The first-order valence-corrected chi connectivity index (χ1v) is 10.8. The molecule has 1 atom stereocenters. The average molecular weight is 442 g/mol. The van der Waals surface area contributed by atoms with E-state index in [1.54, 1.807) is 18.2 Å². The number of hydrogen-bond acceptors (Lipinski definition) is 3. The normalized spacial score (nSPS) is 13.3. The first-order chi connectivity index (χ1) is 14.8. The number of halogens is 1. The summed E-state index contributed by atoms with van der Waals surface area (Å²) in [6.45, 7) is 12.1. The summed E-state index contributed by atoms with van der Waals surface area (Å²) in [6.07, 6.45) is 6.75. The highest BCUT2D eigenvalue weighted by atomic mass is 35.5. The first-order valence-electron chi connectivity index (χ1n) is 10.5. The van der Waals surface area contributed by atoms with Crippen LogP contribution < -0.4 is 10.6 Å². The third kappa shape index (κ3) is 6.88. The van der Waals surface area contributed by atoms with Gasteiger partial charge >= 0.3 is 0 Å². The number of nitrogens with one attached hydrogen (secondary N) is 3. The molecule has 0 aliphatic carbocycles. The molecule has 0 aliphatic heterocycles. The predicted octanol–water partition coefficient (Wildman–Crippen LogP) is 5.38. The van der Waals surface area contributed by atoms with Gasteiger partial charge in [0.05, 0.1) is 12.6 Å². The summed E-state index contributed by atoms with van der Waals surface area (Å²) in [7, 11) is 0. The van der Waals surface area contributed by atoms with Gasteiger partial charge in [0.2, 0.25) is 0 Å². The lowest BCUT2D eigenvalue weighted by molar-refractivity contribution is 0.0911. The Hall–Kier alpha value is -2.76. The third-order valence-electron chi connectivity index (χ3n) is 4.85. The van der Waals surface area contributed by atoms with E-state index < -0.39 is 6.04 Å². The second-order valence-corrected chi connectivity index (χ2v) is 8.05. The standard InChI is InChI=1S/C25H32ClN3O2/c1-6-18(7-2)22(11-17(5)28-16(3)4)20-13-23(27-14-20)25(31)29-24(15-30)19-9-8-10-21(26)12-19/h6,8-14,16,24,27-28,30H,5,7,15H2,1-4H3,(H,29,31)/b18-6-,22-11+/t24-/m1/s1. The zero-order valence-corrected chi connectivity index (χ0v) is 19.4. The number of hydrogen-bond donors (Lipinski definition) is 4. The van der Waals surface area contributed by atoms with E-state index in [-0.39, 0.29) is 18.6 Å². The van der Waals surface area contributed by atoms with E-state index in [9.17, 15) is 9.90 Å². The van der Waals surface area contributed by atoms with Gasteiger partial charge in [0, 0.05) is 28.5 Å². The molecule has 0 fully saturated rings. The van der Waals surface area contributed by atoms with Crippen LogP contribution in [0, 0.1) is 0 Å². The fraction of sp³-hybridized carbons (Fsp3) is 0.320. The van der Waals surface area contributed by atoms with E-state index in [2.05, 4.69) is 49.0 Å². The number of aromatic amines is 1. The van der Waals surface area contributed by atoms with Crippen LogP contribution in [0.5, 0.6) is 0 Å². The molecule has 0 aliphatic rings. The van der Waals surface area contributed by atoms with Crippen molar-refractivity contribution in [1.29, 1.82) is 0 Å². The van der Waals surface area contributed by atoms with Crippen LogP contribution in [0.15, 0.2) is 66.5 Å². The van der Waals surface area contributed by atoms with Crippen molar-refractivity contribution in [1.82, 2.24) is 15.6 Å². The second kappa shape index (κ2) is 11.6. The highest BCUT2D eigenvalue weighted by Crippen LogP contribution is 2.27. The summed E-state index contributed by atoms with van der Waals surface area (Å²) in [6, 6.07) is 8.63. The zero-order valence-electron chi connectivity index (χ0n) is 18.6. The maximum Gasteiger partial charge on any atom is 0.268 e. The van der Waals surface area contributed by atoms with Crippen molar-refractivity contribution in [2.75, 3.05) is 6.61 Å². The molecule has 2 rings (SSSR count). The van der Waals surface area contributed by atoms with E-state index in [1.165, 1.54) is 0 Å². The number of amides is 1. The largest absolute Gasteiger partial charge is 0.394 e. The molecule has 31 heavy (non-hydrogen) atoms. The molecular weight excluding hydrogens is 410 g/mol.